The molecule has 1 atom stereocenters. The lowest BCUT2D eigenvalue weighted by molar-refractivity contribution is 0.269. The van der Waals surface area contributed by atoms with E-state index < -0.39 is 0 Å². The zero-order chi connectivity index (χ0) is 40.7. The highest BCUT2D eigenvalue weighted by molar-refractivity contribution is 6.21. The van der Waals surface area contributed by atoms with E-state index in [0.717, 1.165) is 107 Å². The van der Waals surface area contributed by atoms with Crippen molar-refractivity contribution in [2.24, 2.45) is 0 Å². The molecule has 10 aromatic rings. The zero-order valence-corrected chi connectivity index (χ0v) is 33.5. The summed E-state index contributed by atoms with van der Waals surface area (Å²) in [6, 6.07) is 60.9. The third-order valence-corrected chi connectivity index (χ3v) is 11.5. The van der Waals surface area contributed by atoms with Crippen molar-refractivity contribution in [1.82, 2.24) is 15.0 Å². The summed E-state index contributed by atoms with van der Waals surface area (Å²) < 4.78 is 13.1. The van der Waals surface area contributed by atoms with Crippen LogP contribution in [0.15, 0.2) is 205 Å². The third-order valence-electron chi connectivity index (χ3n) is 11.5. The molecule has 0 spiro atoms. The second-order valence-corrected chi connectivity index (χ2v) is 15.5. The van der Waals surface area contributed by atoms with Crippen LogP contribution in [-0.2, 0) is 6.42 Å². The van der Waals surface area contributed by atoms with Gasteiger partial charge in [0.1, 0.15) is 23.1 Å². The van der Waals surface area contributed by atoms with Crippen LogP contribution >= 0.6 is 0 Å². The van der Waals surface area contributed by atoms with Crippen molar-refractivity contribution in [2.45, 2.75) is 19.4 Å². The van der Waals surface area contributed by atoms with Crippen molar-refractivity contribution in [3.05, 3.63) is 206 Å². The molecule has 0 N–H and O–H groups in total. The topological polar surface area (TPSA) is 61.0 Å². The molecule has 0 unspecified atom stereocenters. The number of furan rings is 1. The lowest BCUT2D eigenvalue weighted by Crippen LogP contribution is -2.10. The maximum atomic E-state index is 6.62. The summed E-state index contributed by atoms with van der Waals surface area (Å²) in [4.78, 5) is 15.6. The Morgan fingerprint density at radius 3 is 1.95 bits per heavy atom. The van der Waals surface area contributed by atoms with Crippen LogP contribution in [-0.4, -0.2) is 21.1 Å². The molecule has 0 aliphatic carbocycles. The molecule has 3 aromatic heterocycles. The summed E-state index contributed by atoms with van der Waals surface area (Å²) >= 11 is 0. The van der Waals surface area contributed by atoms with Crippen LogP contribution in [0.5, 0.6) is 5.75 Å². The van der Waals surface area contributed by atoms with Crippen molar-refractivity contribution >= 4 is 32.8 Å². The summed E-state index contributed by atoms with van der Waals surface area (Å²) in [6.07, 6.45) is 9.17. The summed E-state index contributed by atoms with van der Waals surface area (Å²) in [5.74, 6) is 1.57. The fourth-order valence-corrected chi connectivity index (χ4v) is 8.40. The predicted octanol–water partition coefficient (Wildman–Crippen LogP) is 14.4. The minimum Gasteiger partial charge on any atom is -0.486 e. The van der Waals surface area contributed by atoms with Gasteiger partial charge in [0.2, 0.25) is 0 Å². The number of hydrogen-bond acceptors (Lipinski definition) is 5. The number of hydrogen-bond donors (Lipinski definition) is 0. The molecule has 0 saturated carbocycles. The van der Waals surface area contributed by atoms with Crippen LogP contribution in [0.4, 0.5) is 0 Å². The second-order valence-electron chi connectivity index (χ2n) is 15.5. The zero-order valence-electron chi connectivity index (χ0n) is 33.5. The van der Waals surface area contributed by atoms with Gasteiger partial charge in [0, 0.05) is 44.0 Å². The number of aromatic nitrogens is 3. The molecule has 290 valence electrons. The molecule has 1 aliphatic rings. The fraction of sp³-hybridized carbons (Fsp3) is 0.0536. The second kappa shape index (κ2) is 15.4. The van der Waals surface area contributed by atoms with Crippen molar-refractivity contribution in [2.75, 3.05) is 0 Å². The van der Waals surface area contributed by atoms with Crippen molar-refractivity contribution in [3.8, 4) is 73.2 Å². The first kappa shape index (κ1) is 36.2. The number of rotatable bonds is 6. The van der Waals surface area contributed by atoms with E-state index in [0.29, 0.717) is 5.82 Å². The molecule has 0 bridgehead atoms. The molecular weight excluding hydrogens is 747 g/mol. The van der Waals surface area contributed by atoms with Gasteiger partial charge >= 0.3 is 0 Å². The van der Waals surface area contributed by atoms with E-state index in [4.69, 9.17) is 24.1 Å². The van der Waals surface area contributed by atoms with E-state index in [2.05, 4.69) is 171 Å². The predicted molar refractivity (Wildman–Crippen MR) is 249 cm³/mol. The van der Waals surface area contributed by atoms with Crippen LogP contribution in [0.25, 0.3) is 100 Å². The van der Waals surface area contributed by atoms with Crippen LogP contribution in [0.2, 0.25) is 0 Å². The standard InChI is InChI=1S/C56H39N3O2/c1-36-14-5-2-10-19-42-20-13-22-45(54(42)60-36)38-24-26-40(27-25-38)50-35-49(39-17-8-4-9-18-39)58-56(59-50)43-30-28-41(29-31-43)53-55-52(46-21-11-12-23-51(46)61-55)47-34-44(32-33-48(47)57-53)37-15-6-3-7-16-37/h2-18,20-36H,19H2,1H3/b10-2-,14-5-/t36-/m0/s1. The van der Waals surface area contributed by atoms with Gasteiger partial charge in [-0.25, -0.2) is 15.0 Å². The highest BCUT2D eigenvalue weighted by atomic mass is 16.5. The van der Waals surface area contributed by atoms with Crippen LogP contribution in [0, 0.1) is 0 Å². The monoisotopic (exact) mass is 785 g/mol. The van der Waals surface area contributed by atoms with Gasteiger partial charge in [0.15, 0.2) is 11.4 Å². The Hall–Kier alpha value is -7.89. The molecule has 1 aliphatic heterocycles. The Bertz CT molecular complexity index is 3300. The summed E-state index contributed by atoms with van der Waals surface area (Å²) in [6.45, 7) is 2.07. The summed E-state index contributed by atoms with van der Waals surface area (Å²) in [5, 5.41) is 3.20. The first-order chi connectivity index (χ1) is 30.1. The van der Waals surface area contributed by atoms with Gasteiger partial charge in [0.05, 0.1) is 16.9 Å². The van der Waals surface area contributed by atoms with E-state index in [9.17, 15) is 0 Å². The number of ether oxygens (including phenoxy) is 1. The lowest BCUT2D eigenvalue weighted by atomic mass is 9.97. The van der Waals surface area contributed by atoms with E-state index in [1.807, 2.05) is 36.4 Å². The number of nitrogens with zero attached hydrogens (tertiary/aromatic N) is 3. The number of benzene rings is 7. The smallest absolute Gasteiger partial charge is 0.162 e. The number of para-hydroxylation sites is 2. The van der Waals surface area contributed by atoms with Gasteiger partial charge < -0.3 is 9.15 Å². The molecule has 61 heavy (non-hydrogen) atoms. The average Bonchev–Trinajstić information content (AvgIpc) is 3.75. The van der Waals surface area contributed by atoms with Gasteiger partial charge in [-0.3, -0.25) is 0 Å². The Morgan fingerprint density at radius 1 is 0.508 bits per heavy atom. The summed E-state index contributed by atoms with van der Waals surface area (Å²) in [7, 11) is 0. The van der Waals surface area contributed by atoms with Gasteiger partial charge in [-0.1, -0.05) is 170 Å². The van der Waals surface area contributed by atoms with Crippen LogP contribution in [0.1, 0.15) is 12.5 Å². The van der Waals surface area contributed by atoms with Crippen LogP contribution < -0.4 is 4.74 Å². The number of fused-ring (bicyclic) bond motifs is 6. The van der Waals surface area contributed by atoms with Gasteiger partial charge in [-0.05, 0) is 65.9 Å². The fourth-order valence-electron chi connectivity index (χ4n) is 8.40. The highest BCUT2D eigenvalue weighted by Crippen LogP contribution is 2.41. The highest BCUT2D eigenvalue weighted by Gasteiger charge is 2.20. The minimum atomic E-state index is -0.0457. The normalized spacial score (nSPS) is 14.8. The first-order valence-electron chi connectivity index (χ1n) is 20.7. The molecule has 0 amide bonds. The largest absolute Gasteiger partial charge is 0.486 e. The molecule has 4 heterocycles. The average molecular weight is 786 g/mol. The van der Waals surface area contributed by atoms with Crippen molar-refractivity contribution < 1.29 is 9.15 Å². The van der Waals surface area contributed by atoms with Gasteiger partial charge in [0.25, 0.3) is 0 Å². The maximum Gasteiger partial charge on any atom is 0.162 e. The molecule has 0 fully saturated rings. The van der Waals surface area contributed by atoms with E-state index in [1.54, 1.807) is 0 Å². The van der Waals surface area contributed by atoms with Crippen molar-refractivity contribution in [3.63, 3.8) is 0 Å². The Balaban J connectivity index is 0.982. The van der Waals surface area contributed by atoms with Gasteiger partial charge in [-0.15, -0.1) is 0 Å². The van der Waals surface area contributed by atoms with E-state index in [1.165, 1.54) is 5.56 Å². The summed E-state index contributed by atoms with van der Waals surface area (Å²) in [5.41, 5.74) is 14.5. The number of pyridine rings is 1. The first-order valence-corrected chi connectivity index (χ1v) is 20.7. The maximum absolute atomic E-state index is 6.62. The Kier molecular flexibility index (Phi) is 9.12. The third kappa shape index (κ3) is 6.86. The molecule has 0 saturated heterocycles. The molecule has 0 radical (unpaired) electrons. The lowest BCUT2D eigenvalue weighted by Gasteiger charge is -2.18. The SMILES string of the molecule is C[C@H]1/C=C\C=C/Cc2cccc(-c3ccc(-c4cc(-c5ccccc5)nc(-c5ccc(-c6nc7ccc(-c8ccccc8)cc7c7c6oc6ccccc67)cc5)n4)cc3)c2O1. The Labute approximate surface area is 354 Å². The van der Waals surface area contributed by atoms with Crippen LogP contribution in [0.3, 0.4) is 0 Å². The molecule has 7 aromatic carbocycles. The molecule has 11 rings (SSSR count). The molecule has 5 heteroatoms. The molecular formula is C56H39N3O2. The van der Waals surface area contributed by atoms with Gasteiger partial charge in [-0.2, -0.15) is 0 Å². The number of allylic oxidation sites excluding steroid dienone is 3. The Morgan fingerprint density at radius 2 is 1.16 bits per heavy atom. The molecule has 5 nitrogen and oxygen atoms in total. The minimum absolute atomic E-state index is 0.0457. The quantitative estimate of drug-likeness (QED) is 0.168. The van der Waals surface area contributed by atoms with E-state index >= 15 is 0 Å². The van der Waals surface area contributed by atoms with Crippen molar-refractivity contribution in [1.29, 1.82) is 0 Å². The van der Waals surface area contributed by atoms with E-state index in [-0.39, 0.29) is 6.10 Å².